The molecular formula is C24H19ClN4O2. The van der Waals surface area contributed by atoms with Gasteiger partial charge in [0.2, 0.25) is 0 Å². The quantitative estimate of drug-likeness (QED) is 0.445. The van der Waals surface area contributed by atoms with Crippen molar-refractivity contribution in [3.8, 4) is 11.3 Å². The molecule has 6 nitrogen and oxygen atoms in total. The van der Waals surface area contributed by atoms with Gasteiger partial charge in [0, 0.05) is 63.8 Å². The summed E-state index contributed by atoms with van der Waals surface area (Å²) >= 11 is 6.26. The minimum Gasteiger partial charge on any atom is -0.355 e. The molecule has 4 aromatic rings. The van der Waals surface area contributed by atoms with Gasteiger partial charge in [-0.25, -0.2) is 0 Å². The summed E-state index contributed by atoms with van der Waals surface area (Å²) in [5.74, 6) is -0.245. The Hall–Kier alpha value is -3.64. The number of amides is 2. The molecule has 0 saturated carbocycles. The van der Waals surface area contributed by atoms with Crippen LogP contribution in [-0.4, -0.2) is 28.3 Å². The molecule has 3 heterocycles. The SMILES string of the molecule is O=C(NCCc1ccncc1)c1ccc2[nH]c(-c3ccc(Cl)c4c3C(=O)NC4)cc2c1. The fraction of sp³-hybridized carbons (Fsp3) is 0.125. The van der Waals surface area contributed by atoms with Crippen molar-refractivity contribution in [2.24, 2.45) is 0 Å². The first-order valence-electron chi connectivity index (χ1n) is 10.00. The third-order valence-corrected chi connectivity index (χ3v) is 5.88. The number of hydrogen-bond acceptors (Lipinski definition) is 3. The molecule has 1 aliphatic heterocycles. The minimum atomic E-state index is -0.125. The maximum atomic E-state index is 12.6. The molecule has 0 spiro atoms. The second-order valence-corrected chi connectivity index (χ2v) is 7.88. The van der Waals surface area contributed by atoms with E-state index in [1.165, 1.54) is 0 Å². The van der Waals surface area contributed by atoms with E-state index in [0.29, 0.717) is 29.2 Å². The minimum absolute atomic E-state index is 0.120. The second-order valence-electron chi connectivity index (χ2n) is 7.48. The molecule has 2 amide bonds. The van der Waals surface area contributed by atoms with Gasteiger partial charge in [0.1, 0.15) is 0 Å². The topological polar surface area (TPSA) is 86.9 Å². The third kappa shape index (κ3) is 3.66. The van der Waals surface area contributed by atoms with Gasteiger partial charge in [-0.1, -0.05) is 17.7 Å². The highest BCUT2D eigenvalue weighted by Crippen LogP contribution is 2.34. The summed E-state index contributed by atoms with van der Waals surface area (Å²) < 4.78 is 0. The Morgan fingerprint density at radius 2 is 1.94 bits per heavy atom. The van der Waals surface area contributed by atoms with Crippen molar-refractivity contribution in [1.82, 2.24) is 20.6 Å². The molecule has 0 atom stereocenters. The number of carbonyl (C=O) groups excluding carboxylic acids is 2. The first-order valence-corrected chi connectivity index (χ1v) is 10.4. The van der Waals surface area contributed by atoms with Gasteiger partial charge >= 0.3 is 0 Å². The van der Waals surface area contributed by atoms with Crippen molar-refractivity contribution in [3.63, 3.8) is 0 Å². The number of hydrogen-bond donors (Lipinski definition) is 3. The van der Waals surface area contributed by atoms with E-state index in [2.05, 4.69) is 20.6 Å². The zero-order valence-corrected chi connectivity index (χ0v) is 17.3. The maximum Gasteiger partial charge on any atom is 0.252 e. The van der Waals surface area contributed by atoms with Crippen LogP contribution in [0.5, 0.6) is 0 Å². The smallest absolute Gasteiger partial charge is 0.252 e. The predicted octanol–water partition coefficient (Wildman–Crippen LogP) is 4.10. The average Bonchev–Trinajstić information content (AvgIpc) is 3.39. The summed E-state index contributed by atoms with van der Waals surface area (Å²) in [6.07, 6.45) is 4.23. The number of H-pyrrole nitrogens is 1. The molecule has 2 aromatic heterocycles. The zero-order valence-electron chi connectivity index (χ0n) is 16.5. The van der Waals surface area contributed by atoms with E-state index in [1.807, 2.05) is 42.5 Å². The Morgan fingerprint density at radius 1 is 1.10 bits per heavy atom. The highest BCUT2D eigenvalue weighted by Gasteiger charge is 2.26. The summed E-state index contributed by atoms with van der Waals surface area (Å²) in [7, 11) is 0. The third-order valence-electron chi connectivity index (χ3n) is 5.53. The van der Waals surface area contributed by atoms with E-state index < -0.39 is 0 Å². The lowest BCUT2D eigenvalue weighted by Crippen LogP contribution is -2.25. The molecule has 0 aliphatic carbocycles. The highest BCUT2D eigenvalue weighted by atomic mass is 35.5. The lowest BCUT2D eigenvalue weighted by molar-refractivity contribution is 0.0950. The highest BCUT2D eigenvalue weighted by molar-refractivity contribution is 6.32. The number of nitrogens with zero attached hydrogens (tertiary/aromatic N) is 1. The second kappa shape index (κ2) is 7.89. The lowest BCUT2D eigenvalue weighted by Gasteiger charge is -2.06. The zero-order chi connectivity index (χ0) is 21.4. The van der Waals surface area contributed by atoms with Crippen LogP contribution in [0.25, 0.3) is 22.2 Å². The number of pyridine rings is 1. The van der Waals surface area contributed by atoms with Crippen LogP contribution in [0.15, 0.2) is 60.9 Å². The average molecular weight is 431 g/mol. The van der Waals surface area contributed by atoms with Crippen molar-refractivity contribution in [3.05, 3.63) is 88.2 Å². The van der Waals surface area contributed by atoms with Gasteiger partial charge in [-0.2, -0.15) is 0 Å². The van der Waals surface area contributed by atoms with Gasteiger partial charge in [0.25, 0.3) is 11.8 Å². The Balaban J connectivity index is 1.38. The largest absolute Gasteiger partial charge is 0.355 e. The molecule has 2 aromatic carbocycles. The van der Waals surface area contributed by atoms with Gasteiger partial charge in [0.15, 0.2) is 0 Å². The van der Waals surface area contributed by atoms with Crippen LogP contribution in [0.1, 0.15) is 31.8 Å². The molecule has 0 unspecified atom stereocenters. The van der Waals surface area contributed by atoms with Crippen LogP contribution < -0.4 is 10.6 Å². The molecule has 0 radical (unpaired) electrons. The van der Waals surface area contributed by atoms with Crippen molar-refractivity contribution in [1.29, 1.82) is 0 Å². The molecule has 31 heavy (non-hydrogen) atoms. The normalized spacial score (nSPS) is 12.6. The Bertz CT molecular complexity index is 1310. The van der Waals surface area contributed by atoms with E-state index in [4.69, 9.17) is 11.6 Å². The number of aromatic nitrogens is 2. The fourth-order valence-corrected chi connectivity index (χ4v) is 4.15. The van der Waals surface area contributed by atoms with Crippen molar-refractivity contribution in [2.45, 2.75) is 13.0 Å². The van der Waals surface area contributed by atoms with Gasteiger partial charge in [-0.05, 0) is 54.4 Å². The van der Waals surface area contributed by atoms with E-state index >= 15 is 0 Å². The summed E-state index contributed by atoms with van der Waals surface area (Å²) in [4.78, 5) is 32.3. The first kappa shape index (κ1) is 19.3. The van der Waals surface area contributed by atoms with Crippen LogP contribution >= 0.6 is 11.6 Å². The predicted molar refractivity (Wildman–Crippen MR) is 120 cm³/mol. The maximum absolute atomic E-state index is 12.6. The number of carbonyl (C=O) groups is 2. The first-order chi connectivity index (χ1) is 15.1. The van der Waals surface area contributed by atoms with Gasteiger partial charge in [0.05, 0.1) is 5.56 Å². The number of fused-ring (bicyclic) bond motifs is 2. The lowest BCUT2D eigenvalue weighted by atomic mass is 10.0. The van der Waals surface area contributed by atoms with E-state index in [0.717, 1.165) is 39.7 Å². The number of benzene rings is 2. The van der Waals surface area contributed by atoms with E-state index in [9.17, 15) is 9.59 Å². The van der Waals surface area contributed by atoms with Crippen LogP contribution in [0.4, 0.5) is 0 Å². The van der Waals surface area contributed by atoms with Crippen molar-refractivity contribution >= 4 is 34.3 Å². The Kier molecular flexibility index (Phi) is 4.92. The molecule has 0 fully saturated rings. The Morgan fingerprint density at radius 3 is 2.77 bits per heavy atom. The van der Waals surface area contributed by atoms with E-state index in [1.54, 1.807) is 18.5 Å². The summed E-state index contributed by atoms with van der Waals surface area (Å²) in [5.41, 5.74) is 5.65. The molecular weight excluding hydrogens is 412 g/mol. The number of halogens is 1. The fourth-order valence-electron chi connectivity index (χ4n) is 3.93. The molecule has 154 valence electrons. The monoisotopic (exact) mass is 430 g/mol. The van der Waals surface area contributed by atoms with E-state index in [-0.39, 0.29) is 11.8 Å². The Labute approximate surface area is 183 Å². The van der Waals surface area contributed by atoms with Crippen molar-refractivity contribution in [2.75, 3.05) is 6.54 Å². The molecule has 7 heteroatoms. The number of nitrogens with one attached hydrogen (secondary N) is 3. The van der Waals surface area contributed by atoms with Crippen LogP contribution in [-0.2, 0) is 13.0 Å². The van der Waals surface area contributed by atoms with Crippen LogP contribution in [0.3, 0.4) is 0 Å². The number of rotatable bonds is 5. The van der Waals surface area contributed by atoms with Gasteiger partial charge < -0.3 is 15.6 Å². The van der Waals surface area contributed by atoms with Crippen LogP contribution in [0.2, 0.25) is 5.02 Å². The molecule has 0 bridgehead atoms. The summed E-state index contributed by atoms with van der Waals surface area (Å²) in [6.45, 7) is 0.982. The summed E-state index contributed by atoms with van der Waals surface area (Å²) in [5, 5.41) is 7.28. The van der Waals surface area contributed by atoms with Gasteiger partial charge in [-0.3, -0.25) is 14.6 Å². The standard InChI is InChI=1S/C24H19ClN4O2/c25-19-3-2-17(22-18(19)13-28-24(22)31)21-12-16-11-15(1-4-20(16)29-21)23(30)27-10-7-14-5-8-26-9-6-14/h1-6,8-9,11-12,29H,7,10,13H2,(H,27,30)(H,28,31). The molecule has 5 rings (SSSR count). The molecule has 1 aliphatic rings. The van der Waals surface area contributed by atoms with Gasteiger partial charge in [-0.15, -0.1) is 0 Å². The molecule has 3 N–H and O–H groups in total. The molecule has 0 saturated heterocycles. The number of aromatic amines is 1. The summed E-state index contributed by atoms with van der Waals surface area (Å²) in [6, 6.07) is 15.0. The van der Waals surface area contributed by atoms with Crippen LogP contribution in [0, 0.1) is 0 Å². The van der Waals surface area contributed by atoms with Crippen molar-refractivity contribution < 1.29 is 9.59 Å².